The maximum absolute atomic E-state index is 12.8. The Morgan fingerprint density at radius 2 is 2.16 bits per heavy atom. The van der Waals surface area contributed by atoms with Crippen molar-refractivity contribution in [2.24, 2.45) is 0 Å². The summed E-state index contributed by atoms with van der Waals surface area (Å²) in [5.74, 6) is 0. The Kier molecular flexibility index (Phi) is 4.00. The molecule has 0 N–H and O–H groups in total. The summed E-state index contributed by atoms with van der Waals surface area (Å²) >= 11 is 5.84. The van der Waals surface area contributed by atoms with Crippen LogP contribution in [0.2, 0.25) is 5.15 Å². The average molecular weight is 298 g/mol. The number of pyridine rings is 1. The molecule has 2 rings (SSSR count). The van der Waals surface area contributed by atoms with Crippen LogP contribution in [0.25, 0.3) is 0 Å². The van der Waals surface area contributed by atoms with Gasteiger partial charge in [0.25, 0.3) is 0 Å². The van der Waals surface area contributed by atoms with E-state index in [1.165, 1.54) is 19.2 Å². The third-order valence-electron chi connectivity index (χ3n) is 2.69. The van der Waals surface area contributed by atoms with Gasteiger partial charge in [0.05, 0.1) is 18.9 Å². The number of hydrogen-bond acceptors (Lipinski definition) is 4. The van der Waals surface area contributed by atoms with E-state index in [0.29, 0.717) is 5.56 Å². The molecule has 0 aromatic carbocycles. The number of aromatic nitrogens is 1. The Bertz CT molecular complexity index is 463. The van der Waals surface area contributed by atoms with E-state index < -0.39 is 18.4 Å². The van der Waals surface area contributed by atoms with E-state index >= 15 is 0 Å². The lowest BCUT2D eigenvalue weighted by molar-refractivity contribution is -0.188. The van der Waals surface area contributed by atoms with Crippen LogP contribution in [0.3, 0.4) is 0 Å². The van der Waals surface area contributed by atoms with Crippen LogP contribution in [0.15, 0.2) is 12.1 Å². The molecule has 0 saturated carbocycles. The van der Waals surface area contributed by atoms with E-state index in [2.05, 4.69) is 14.5 Å². The van der Waals surface area contributed by atoms with Crippen LogP contribution < -0.4 is 0 Å². The maximum Gasteiger partial charge on any atom is 0.425 e. The van der Waals surface area contributed by atoms with E-state index in [9.17, 15) is 13.2 Å². The maximum atomic E-state index is 12.8. The zero-order valence-electron chi connectivity index (χ0n) is 9.96. The molecule has 0 aliphatic carbocycles. The van der Waals surface area contributed by atoms with Crippen molar-refractivity contribution in [1.82, 2.24) is 4.98 Å². The smallest absolute Gasteiger partial charge is 0.359 e. The van der Waals surface area contributed by atoms with Crippen LogP contribution in [0.5, 0.6) is 0 Å². The summed E-state index contributed by atoms with van der Waals surface area (Å²) in [5, 5.41) is -0.0345. The van der Waals surface area contributed by atoms with Gasteiger partial charge in [-0.2, -0.15) is 13.2 Å². The lowest BCUT2D eigenvalue weighted by atomic mass is 10.1. The minimum Gasteiger partial charge on any atom is -0.359 e. The number of ether oxygens (including phenoxy) is 3. The van der Waals surface area contributed by atoms with Crippen LogP contribution in [0.4, 0.5) is 13.2 Å². The van der Waals surface area contributed by atoms with Gasteiger partial charge in [0.1, 0.15) is 11.9 Å². The summed E-state index contributed by atoms with van der Waals surface area (Å²) < 4.78 is 52.7. The first-order chi connectivity index (χ1) is 8.90. The van der Waals surface area contributed by atoms with E-state index in [4.69, 9.17) is 16.3 Å². The zero-order chi connectivity index (χ0) is 14.1. The second-order valence-electron chi connectivity index (χ2n) is 4.01. The molecular formula is C11H11ClF3NO3. The Labute approximate surface area is 112 Å². The number of rotatable bonds is 5. The standard InChI is InChI=1S/C11H11ClF3NO3/c1-17-6-18-4-7-2-3-8(16-9(7)12)10(5-19-10)11(13,14)15/h2-3H,4-6H2,1H3. The first-order valence-electron chi connectivity index (χ1n) is 5.34. The fourth-order valence-electron chi connectivity index (χ4n) is 1.56. The van der Waals surface area contributed by atoms with Gasteiger partial charge in [-0.3, -0.25) is 0 Å². The molecule has 19 heavy (non-hydrogen) atoms. The number of hydrogen-bond donors (Lipinski definition) is 0. The number of halogens is 4. The Hall–Kier alpha value is -0.890. The third-order valence-corrected chi connectivity index (χ3v) is 3.02. The molecule has 0 radical (unpaired) electrons. The number of methoxy groups -OCH3 is 1. The number of epoxide rings is 1. The lowest BCUT2D eigenvalue weighted by Crippen LogP contribution is -2.31. The van der Waals surface area contributed by atoms with Crippen molar-refractivity contribution in [2.75, 3.05) is 20.5 Å². The van der Waals surface area contributed by atoms with Crippen LogP contribution in [-0.2, 0) is 26.4 Å². The van der Waals surface area contributed by atoms with Gasteiger partial charge < -0.3 is 14.2 Å². The molecule has 1 aromatic rings. The molecule has 1 unspecified atom stereocenters. The van der Waals surface area contributed by atoms with Crippen molar-refractivity contribution >= 4 is 11.6 Å². The zero-order valence-corrected chi connectivity index (χ0v) is 10.7. The van der Waals surface area contributed by atoms with Crippen molar-refractivity contribution in [3.63, 3.8) is 0 Å². The van der Waals surface area contributed by atoms with Crippen molar-refractivity contribution in [3.8, 4) is 0 Å². The molecule has 8 heteroatoms. The van der Waals surface area contributed by atoms with Crippen molar-refractivity contribution in [3.05, 3.63) is 28.5 Å². The first-order valence-corrected chi connectivity index (χ1v) is 5.72. The molecule has 2 heterocycles. The topological polar surface area (TPSA) is 43.9 Å². The van der Waals surface area contributed by atoms with Gasteiger partial charge in [0.2, 0.25) is 5.60 Å². The highest BCUT2D eigenvalue weighted by molar-refractivity contribution is 6.30. The second kappa shape index (κ2) is 5.24. The number of nitrogens with zero attached hydrogens (tertiary/aromatic N) is 1. The summed E-state index contributed by atoms with van der Waals surface area (Å²) in [5.41, 5.74) is -2.05. The highest BCUT2D eigenvalue weighted by Crippen LogP contribution is 2.51. The van der Waals surface area contributed by atoms with Crippen LogP contribution in [-0.4, -0.2) is 31.7 Å². The van der Waals surface area contributed by atoms with E-state index in [-0.39, 0.29) is 24.2 Å². The molecule has 1 aliphatic rings. The summed E-state index contributed by atoms with van der Waals surface area (Å²) in [7, 11) is 1.46. The minimum atomic E-state index is -4.50. The molecule has 106 valence electrons. The Morgan fingerprint density at radius 1 is 1.47 bits per heavy atom. The molecule has 1 atom stereocenters. The number of alkyl halides is 3. The van der Waals surface area contributed by atoms with Crippen molar-refractivity contribution in [1.29, 1.82) is 0 Å². The Morgan fingerprint density at radius 3 is 2.63 bits per heavy atom. The third kappa shape index (κ3) is 2.84. The van der Waals surface area contributed by atoms with Crippen LogP contribution in [0.1, 0.15) is 11.3 Å². The van der Waals surface area contributed by atoms with Crippen LogP contribution in [0, 0.1) is 0 Å². The van der Waals surface area contributed by atoms with E-state index in [1.807, 2.05) is 0 Å². The second-order valence-corrected chi connectivity index (χ2v) is 4.37. The van der Waals surface area contributed by atoms with Gasteiger partial charge in [-0.25, -0.2) is 4.98 Å². The molecule has 1 aromatic heterocycles. The highest BCUT2D eigenvalue weighted by atomic mass is 35.5. The van der Waals surface area contributed by atoms with Gasteiger partial charge in [-0.15, -0.1) is 0 Å². The molecule has 1 fully saturated rings. The predicted molar refractivity (Wildman–Crippen MR) is 59.6 cm³/mol. The highest BCUT2D eigenvalue weighted by Gasteiger charge is 2.68. The molecule has 1 aliphatic heterocycles. The summed E-state index contributed by atoms with van der Waals surface area (Å²) in [6.45, 7) is -0.257. The molecule has 1 saturated heterocycles. The average Bonchev–Trinajstić information content (AvgIpc) is 3.12. The van der Waals surface area contributed by atoms with Crippen LogP contribution >= 0.6 is 11.6 Å². The SMILES string of the molecule is COCOCc1ccc(C2(C(F)(F)F)CO2)nc1Cl. The van der Waals surface area contributed by atoms with E-state index in [1.54, 1.807) is 0 Å². The normalized spacial score (nSPS) is 22.6. The Balaban J connectivity index is 2.16. The van der Waals surface area contributed by atoms with Gasteiger partial charge in [0.15, 0.2) is 0 Å². The van der Waals surface area contributed by atoms with Gasteiger partial charge >= 0.3 is 6.18 Å². The fourth-order valence-corrected chi connectivity index (χ4v) is 1.77. The summed E-state index contributed by atoms with van der Waals surface area (Å²) in [6, 6.07) is 2.69. The van der Waals surface area contributed by atoms with Crippen molar-refractivity contribution < 1.29 is 27.4 Å². The monoisotopic (exact) mass is 297 g/mol. The van der Waals surface area contributed by atoms with E-state index in [0.717, 1.165) is 0 Å². The molecule has 0 amide bonds. The molecule has 4 nitrogen and oxygen atoms in total. The largest absolute Gasteiger partial charge is 0.425 e. The fraction of sp³-hybridized carbons (Fsp3) is 0.545. The quantitative estimate of drug-likeness (QED) is 0.363. The molecular weight excluding hydrogens is 287 g/mol. The van der Waals surface area contributed by atoms with Gasteiger partial charge in [-0.1, -0.05) is 17.7 Å². The minimum absolute atomic E-state index is 0.0345. The predicted octanol–water partition coefficient (Wildman–Crippen LogP) is 2.64. The van der Waals surface area contributed by atoms with Gasteiger partial charge in [-0.05, 0) is 6.07 Å². The summed E-state index contributed by atoms with van der Waals surface area (Å²) in [4.78, 5) is 3.75. The lowest BCUT2D eigenvalue weighted by Gasteiger charge is -2.16. The van der Waals surface area contributed by atoms with Gasteiger partial charge in [0, 0.05) is 12.7 Å². The molecule has 0 bridgehead atoms. The summed E-state index contributed by atoms with van der Waals surface area (Å²) in [6.07, 6.45) is -4.50. The first kappa shape index (κ1) is 14.5. The van der Waals surface area contributed by atoms with Crippen molar-refractivity contribution in [2.45, 2.75) is 18.4 Å². The molecule has 0 spiro atoms.